The lowest BCUT2D eigenvalue weighted by Crippen LogP contribution is -2.47. The third kappa shape index (κ3) is 4.56. The summed E-state index contributed by atoms with van der Waals surface area (Å²) in [5.74, 6) is 0.313. The van der Waals surface area contributed by atoms with E-state index in [0.717, 1.165) is 45.2 Å². The predicted molar refractivity (Wildman–Crippen MR) is 71.6 cm³/mol. The van der Waals surface area contributed by atoms with E-state index < -0.39 is 10.0 Å². The van der Waals surface area contributed by atoms with Crippen molar-refractivity contribution in [2.24, 2.45) is 0 Å². The molecule has 1 aliphatic heterocycles. The van der Waals surface area contributed by atoms with E-state index in [1.807, 2.05) is 13.8 Å². The van der Waals surface area contributed by atoms with E-state index in [0.29, 0.717) is 12.3 Å². The third-order valence-electron chi connectivity index (χ3n) is 3.27. The molecule has 0 aliphatic carbocycles. The summed E-state index contributed by atoms with van der Waals surface area (Å²) in [6.07, 6.45) is 4.50. The molecule has 0 amide bonds. The van der Waals surface area contributed by atoms with Crippen LogP contribution in [0.2, 0.25) is 0 Å². The molecule has 0 bridgehead atoms. The van der Waals surface area contributed by atoms with Crippen LogP contribution in [0.1, 0.15) is 46.0 Å². The molecule has 1 fully saturated rings. The number of nitrogens with one attached hydrogen (secondary N) is 1. The largest absolute Gasteiger partial charge is 0.317 e. The molecule has 0 aromatic rings. The molecule has 17 heavy (non-hydrogen) atoms. The molecular weight excluding hydrogens is 236 g/mol. The van der Waals surface area contributed by atoms with Gasteiger partial charge in [-0.1, -0.05) is 20.3 Å². The summed E-state index contributed by atoms with van der Waals surface area (Å²) in [5.41, 5.74) is 0. The third-order valence-corrected chi connectivity index (χ3v) is 5.27. The summed E-state index contributed by atoms with van der Waals surface area (Å²) in [6, 6.07) is 0.220. The molecular formula is C12H26N2O2S. The van der Waals surface area contributed by atoms with E-state index in [9.17, 15) is 8.42 Å². The Kier molecular flexibility index (Phi) is 6.44. The molecule has 0 spiro atoms. The first kappa shape index (κ1) is 14.9. The van der Waals surface area contributed by atoms with Crippen molar-refractivity contribution >= 4 is 10.0 Å². The van der Waals surface area contributed by atoms with Crippen LogP contribution in [0.3, 0.4) is 0 Å². The molecule has 0 saturated carbocycles. The Bertz CT molecular complexity index is 298. The molecule has 1 heterocycles. The molecule has 1 saturated heterocycles. The second-order valence-corrected chi connectivity index (χ2v) is 6.80. The Morgan fingerprint density at radius 1 is 1.18 bits per heavy atom. The Balaban J connectivity index is 2.68. The SMILES string of the molecule is CCCCS(=O)(=O)N(CCC)C1CCNCC1. The van der Waals surface area contributed by atoms with Crippen LogP contribution in [0.15, 0.2) is 0 Å². The van der Waals surface area contributed by atoms with Crippen molar-refractivity contribution in [3.8, 4) is 0 Å². The van der Waals surface area contributed by atoms with E-state index >= 15 is 0 Å². The maximum absolute atomic E-state index is 12.3. The molecule has 0 aromatic carbocycles. The van der Waals surface area contributed by atoms with Gasteiger partial charge in [0.1, 0.15) is 0 Å². The highest BCUT2D eigenvalue weighted by Crippen LogP contribution is 2.18. The van der Waals surface area contributed by atoms with Crippen LogP contribution < -0.4 is 5.32 Å². The fourth-order valence-electron chi connectivity index (χ4n) is 2.31. The fourth-order valence-corrected chi connectivity index (χ4v) is 4.32. The van der Waals surface area contributed by atoms with Crippen molar-refractivity contribution in [1.29, 1.82) is 0 Å². The highest BCUT2D eigenvalue weighted by Gasteiger charge is 2.29. The zero-order valence-electron chi connectivity index (χ0n) is 11.1. The summed E-state index contributed by atoms with van der Waals surface area (Å²) in [4.78, 5) is 0. The van der Waals surface area contributed by atoms with Crippen molar-refractivity contribution in [2.75, 3.05) is 25.4 Å². The lowest BCUT2D eigenvalue weighted by molar-refractivity contribution is 0.262. The number of hydrogen-bond donors (Lipinski definition) is 1. The number of rotatable bonds is 7. The monoisotopic (exact) mass is 262 g/mol. The quantitative estimate of drug-likeness (QED) is 0.758. The minimum Gasteiger partial charge on any atom is -0.317 e. The molecule has 102 valence electrons. The summed E-state index contributed by atoms with van der Waals surface area (Å²) in [5, 5.41) is 3.28. The lowest BCUT2D eigenvalue weighted by Gasteiger charge is -2.33. The van der Waals surface area contributed by atoms with Crippen LogP contribution in [-0.4, -0.2) is 44.2 Å². The number of nitrogens with zero attached hydrogens (tertiary/aromatic N) is 1. The smallest absolute Gasteiger partial charge is 0.214 e. The van der Waals surface area contributed by atoms with Crippen molar-refractivity contribution in [1.82, 2.24) is 9.62 Å². The molecule has 0 atom stereocenters. The number of sulfonamides is 1. The van der Waals surface area contributed by atoms with Gasteiger partial charge in [0.2, 0.25) is 10.0 Å². The Labute approximate surface area is 106 Å². The van der Waals surface area contributed by atoms with Gasteiger partial charge in [0.25, 0.3) is 0 Å². The second-order valence-electron chi connectivity index (χ2n) is 4.76. The highest BCUT2D eigenvalue weighted by atomic mass is 32.2. The maximum atomic E-state index is 12.3. The molecule has 0 unspecified atom stereocenters. The van der Waals surface area contributed by atoms with Gasteiger partial charge in [-0.3, -0.25) is 0 Å². The van der Waals surface area contributed by atoms with E-state index in [1.54, 1.807) is 4.31 Å². The minimum atomic E-state index is -3.04. The second kappa shape index (κ2) is 7.34. The lowest BCUT2D eigenvalue weighted by atomic mass is 10.1. The van der Waals surface area contributed by atoms with Gasteiger partial charge in [0.15, 0.2) is 0 Å². The summed E-state index contributed by atoms with van der Waals surface area (Å²) < 4.78 is 26.3. The van der Waals surface area contributed by atoms with Crippen LogP contribution in [0.25, 0.3) is 0 Å². The summed E-state index contributed by atoms with van der Waals surface area (Å²) >= 11 is 0. The van der Waals surface area contributed by atoms with E-state index in [4.69, 9.17) is 0 Å². The predicted octanol–water partition coefficient (Wildman–Crippen LogP) is 1.58. The normalized spacial score (nSPS) is 18.8. The van der Waals surface area contributed by atoms with Crippen LogP contribution in [0.4, 0.5) is 0 Å². The van der Waals surface area contributed by atoms with E-state index in [2.05, 4.69) is 5.32 Å². The van der Waals surface area contributed by atoms with Crippen LogP contribution in [0.5, 0.6) is 0 Å². The first-order chi connectivity index (χ1) is 8.11. The molecule has 5 heteroatoms. The first-order valence-corrected chi connectivity index (χ1v) is 8.43. The first-order valence-electron chi connectivity index (χ1n) is 6.82. The molecule has 0 aromatic heterocycles. The molecule has 1 N–H and O–H groups in total. The van der Waals surface area contributed by atoms with Crippen LogP contribution >= 0.6 is 0 Å². The maximum Gasteiger partial charge on any atom is 0.214 e. The van der Waals surface area contributed by atoms with Gasteiger partial charge in [0, 0.05) is 12.6 Å². The van der Waals surface area contributed by atoms with Crippen molar-refractivity contribution < 1.29 is 8.42 Å². The van der Waals surface area contributed by atoms with Gasteiger partial charge in [-0.2, -0.15) is 4.31 Å². The number of unbranched alkanes of at least 4 members (excludes halogenated alkanes) is 1. The van der Waals surface area contributed by atoms with Gasteiger partial charge < -0.3 is 5.32 Å². The summed E-state index contributed by atoms with van der Waals surface area (Å²) in [7, 11) is -3.04. The van der Waals surface area contributed by atoms with Crippen molar-refractivity contribution in [3.63, 3.8) is 0 Å². The van der Waals surface area contributed by atoms with Crippen molar-refractivity contribution in [3.05, 3.63) is 0 Å². The van der Waals surface area contributed by atoms with Crippen LogP contribution in [-0.2, 0) is 10.0 Å². The fraction of sp³-hybridized carbons (Fsp3) is 1.00. The zero-order valence-corrected chi connectivity index (χ0v) is 11.9. The molecule has 4 nitrogen and oxygen atoms in total. The average molecular weight is 262 g/mol. The van der Waals surface area contributed by atoms with Gasteiger partial charge in [0.05, 0.1) is 5.75 Å². The Hall–Kier alpha value is -0.130. The Morgan fingerprint density at radius 3 is 2.35 bits per heavy atom. The van der Waals surface area contributed by atoms with Crippen LogP contribution in [0, 0.1) is 0 Å². The van der Waals surface area contributed by atoms with Gasteiger partial charge in [-0.05, 0) is 38.8 Å². The highest BCUT2D eigenvalue weighted by molar-refractivity contribution is 7.89. The van der Waals surface area contributed by atoms with E-state index in [-0.39, 0.29) is 6.04 Å². The number of hydrogen-bond acceptors (Lipinski definition) is 3. The zero-order chi connectivity index (χ0) is 12.7. The minimum absolute atomic E-state index is 0.220. The number of piperidine rings is 1. The molecule has 1 rings (SSSR count). The topological polar surface area (TPSA) is 49.4 Å². The average Bonchev–Trinajstić information content (AvgIpc) is 2.34. The molecule has 0 radical (unpaired) electrons. The molecule has 1 aliphatic rings. The van der Waals surface area contributed by atoms with Gasteiger partial charge in [-0.25, -0.2) is 8.42 Å². The van der Waals surface area contributed by atoms with Crippen molar-refractivity contribution in [2.45, 2.75) is 52.0 Å². The standard InChI is InChI=1S/C12H26N2O2S/c1-3-5-11-17(15,16)14(10-4-2)12-6-8-13-9-7-12/h12-13H,3-11H2,1-2H3. The van der Waals surface area contributed by atoms with Gasteiger partial charge >= 0.3 is 0 Å². The summed E-state index contributed by atoms with van der Waals surface area (Å²) in [6.45, 7) is 6.63. The van der Waals surface area contributed by atoms with E-state index in [1.165, 1.54) is 0 Å². The van der Waals surface area contributed by atoms with Gasteiger partial charge in [-0.15, -0.1) is 0 Å². The Morgan fingerprint density at radius 2 is 1.82 bits per heavy atom.